The predicted molar refractivity (Wildman–Crippen MR) is 88.9 cm³/mol. The average Bonchev–Trinajstić information content (AvgIpc) is 2.47. The van der Waals surface area contributed by atoms with Crippen LogP contribution in [0.4, 0.5) is 10.1 Å². The third kappa shape index (κ3) is 3.37. The number of anilines is 1. The number of methoxy groups -OCH3 is 2. The molecule has 0 spiro atoms. The van der Waals surface area contributed by atoms with Gasteiger partial charge in [0, 0.05) is 11.5 Å². The summed E-state index contributed by atoms with van der Waals surface area (Å²) in [6, 6.07) is 2.45. The van der Waals surface area contributed by atoms with E-state index in [-0.39, 0.29) is 28.9 Å². The monoisotopic (exact) mass is 337 g/mol. The molecule has 0 atom stereocenters. The van der Waals surface area contributed by atoms with Gasteiger partial charge in [-0.25, -0.2) is 9.18 Å². The normalized spacial score (nSPS) is 14.8. The highest BCUT2D eigenvalue weighted by atomic mass is 19.1. The van der Waals surface area contributed by atoms with Crippen LogP contribution >= 0.6 is 0 Å². The summed E-state index contributed by atoms with van der Waals surface area (Å²) < 4.78 is 24.7. The predicted octanol–water partition coefficient (Wildman–Crippen LogP) is 3.55. The molecule has 1 aromatic rings. The Bertz CT molecular complexity index is 647. The first-order valence-corrected chi connectivity index (χ1v) is 8.00. The number of amides is 1. The first-order chi connectivity index (χ1) is 11.2. The summed E-state index contributed by atoms with van der Waals surface area (Å²) in [7, 11) is 2.62. The van der Waals surface area contributed by atoms with E-state index in [2.05, 4.69) is 4.74 Å². The average molecular weight is 337 g/mol. The smallest absolute Gasteiger partial charge is 0.338 e. The van der Waals surface area contributed by atoms with Crippen LogP contribution in [0.5, 0.6) is 5.75 Å². The minimum Gasteiger partial charge on any atom is -0.494 e. The molecule has 0 aliphatic heterocycles. The number of hydrogen-bond acceptors (Lipinski definition) is 4. The zero-order chi connectivity index (χ0) is 18.1. The molecular weight excluding hydrogens is 313 g/mol. The Hall–Kier alpha value is -2.11. The first-order valence-electron chi connectivity index (χ1n) is 8.00. The molecule has 1 fully saturated rings. The lowest BCUT2D eigenvalue weighted by molar-refractivity contribution is -0.126. The highest BCUT2D eigenvalue weighted by molar-refractivity contribution is 6.00. The molecule has 24 heavy (non-hydrogen) atoms. The molecule has 1 saturated carbocycles. The van der Waals surface area contributed by atoms with Crippen molar-refractivity contribution in [3.8, 4) is 5.75 Å². The van der Waals surface area contributed by atoms with Gasteiger partial charge in [0.2, 0.25) is 5.91 Å². The Morgan fingerprint density at radius 1 is 1.21 bits per heavy atom. The summed E-state index contributed by atoms with van der Waals surface area (Å²) in [6.07, 6.45) is 2.65. The van der Waals surface area contributed by atoms with Crippen LogP contribution in [0.2, 0.25) is 0 Å². The van der Waals surface area contributed by atoms with Crippen molar-refractivity contribution in [1.29, 1.82) is 0 Å². The molecule has 132 valence electrons. The SMILES string of the molecule is COC(=O)c1cc(F)c(N(C(=O)C(C)(C)C)C2CCC2)c(OC)c1. The maximum atomic E-state index is 14.8. The van der Waals surface area contributed by atoms with E-state index >= 15 is 0 Å². The molecule has 0 radical (unpaired) electrons. The summed E-state index contributed by atoms with van der Waals surface area (Å²) in [5.41, 5.74) is -0.518. The summed E-state index contributed by atoms with van der Waals surface area (Å²) in [5, 5.41) is 0. The maximum absolute atomic E-state index is 14.8. The van der Waals surface area contributed by atoms with Crippen molar-refractivity contribution in [3.05, 3.63) is 23.5 Å². The van der Waals surface area contributed by atoms with E-state index < -0.39 is 17.2 Å². The number of nitrogens with zero attached hydrogens (tertiary/aromatic N) is 1. The molecule has 0 bridgehead atoms. The Balaban J connectivity index is 2.57. The summed E-state index contributed by atoms with van der Waals surface area (Å²) in [6.45, 7) is 5.40. The topological polar surface area (TPSA) is 55.8 Å². The molecule has 2 rings (SSSR count). The number of esters is 1. The van der Waals surface area contributed by atoms with Crippen molar-refractivity contribution in [2.24, 2.45) is 5.41 Å². The fourth-order valence-electron chi connectivity index (χ4n) is 2.66. The minimum absolute atomic E-state index is 0.0485. The number of ether oxygens (including phenoxy) is 2. The highest BCUT2D eigenvalue weighted by Crippen LogP contribution is 2.40. The number of benzene rings is 1. The Kier molecular flexibility index (Phi) is 5.16. The van der Waals surface area contributed by atoms with Crippen molar-refractivity contribution >= 4 is 17.6 Å². The van der Waals surface area contributed by atoms with Crippen molar-refractivity contribution < 1.29 is 23.5 Å². The molecule has 5 nitrogen and oxygen atoms in total. The van der Waals surface area contributed by atoms with Crippen LogP contribution < -0.4 is 9.64 Å². The minimum atomic E-state index is -0.667. The van der Waals surface area contributed by atoms with E-state index in [4.69, 9.17) is 4.74 Å². The summed E-state index contributed by atoms with van der Waals surface area (Å²) >= 11 is 0. The maximum Gasteiger partial charge on any atom is 0.338 e. The van der Waals surface area contributed by atoms with Gasteiger partial charge in [-0.15, -0.1) is 0 Å². The molecule has 1 aliphatic carbocycles. The van der Waals surface area contributed by atoms with Gasteiger partial charge in [-0.1, -0.05) is 20.8 Å². The summed E-state index contributed by atoms with van der Waals surface area (Å²) in [5.74, 6) is -1.34. The second kappa shape index (κ2) is 6.79. The Morgan fingerprint density at radius 2 is 1.83 bits per heavy atom. The molecule has 6 heteroatoms. The van der Waals surface area contributed by atoms with E-state index in [0.717, 1.165) is 25.3 Å². The molecule has 1 aromatic carbocycles. The molecular formula is C18H24FNO4. The van der Waals surface area contributed by atoms with Gasteiger partial charge in [0.25, 0.3) is 0 Å². The highest BCUT2D eigenvalue weighted by Gasteiger charge is 2.38. The van der Waals surface area contributed by atoms with Crippen molar-refractivity contribution in [1.82, 2.24) is 0 Å². The largest absolute Gasteiger partial charge is 0.494 e. The van der Waals surface area contributed by atoms with E-state index in [0.29, 0.717) is 0 Å². The van der Waals surface area contributed by atoms with Gasteiger partial charge in [-0.2, -0.15) is 0 Å². The van der Waals surface area contributed by atoms with Crippen LogP contribution in [-0.2, 0) is 9.53 Å². The van der Waals surface area contributed by atoms with Crippen LogP contribution in [0.3, 0.4) is 0 Å². The summed E-state index contributed by atoms with van der Waals surface area (Å²) in [4.78, 5) is 26.1. The van der Waals surface area contributed by atoms with Crippen LogP contribution in [0.25, 0.3) is 0 Å². The molecule has 0 N–H and O–H groups in total. The number of hydrogen-bond donors (Lipinski definition) is 0. The third-order valence-electron chi connectivity index (χ3n) is 4.21. The zero-order valence-corrected chi connectivity index (χ0v) is 14.8. The molecule has 0 heterocycles. The van der Waals surface area contributed by atoms with Crippen LogP contribution in [0.1, 0.15) is 50.4 Å². The van der Waals surface area contributed by atoms with Crippen molar-refractivity contribution in [2.45, 2.75) is 46.1 Å². The number of carbonyl (C=O) groups excluding carboxylic acids is 2. The van der Waals surface area contributed by atoms with Gasteiger partial charge >= 0.3 is 5.97 Å². The van der Waals surface area contributed by atoms with Crippen LogP contribution in [0.15, 0.2) is 12.1 Å². The second-order valence-electron chi connectivity index (χ2n) is 7.01. The molecule has 0 aromatic heterocycles. The fourth-order valence-corrected chi connectivity index (χ4v) is 2.66. The molecule has 1 amide bonds. The quantitative estimate of drug-likeness (QED) is 0.789. The van der Waals surface area contributed by atoms with Crippen LogP contribution in [0, 0.1) is 11.2 Å². The van der Waals surface area contributed by atoms with E-state index in [1.54, 1.807) is 20.8 Å². The molecule has 0 saturated heterocycles. The van der Waals surface area contributed by atoms with Gasteiger partial charge in [0.05, 0.1) is 19.8 Å². The lowest BCUT2D eigenvalue weighted by Crippen LogP contribution is -2.49. The van der Waals surface area contributed by atoms with Gasteiger partial charge in [0.15, 0.2) is 5.82 Å². The molecule has 0 unspecified atom stereocenters. The van der Waals surface area contributed by atoms with E-state index in [9.17, 15) is 14.0 Å². The van der Waals surface area contributed by atoms with Gasteiger partial charge in [-0.05, 0) is 31.4 Å². The van der Waals surface area contributed by atoms with Gasteiger partial charge in [-0.3, -0.25) is 4.79 Å². The Morgan fingerprint density at radius 3 is 2.25 bits per heavy atom. The number of rotatable bonds is 4. The lowest BCUT2D eigenvalue weighted by Gasteiger charge is -2.41. The van der Waals surface area contributed by atoms with E-state index in [1.807, 2.05) is 0 Å². The first kappa shape index (κ1) is 18.2. The van der Waals surface area contributed by atoms with Gasteiger partial charge in [0.1, 0.15) is 11.4 Å². The zero-order valence-electron chi connectivity index (χ0n) is 14.8. The van der Waals surface area contributed by atoms with E-state index in [1.165, 1.54) is 25.2 Å². The molecule has 1 aliphatic rings. The van der Waals surface area contributed by atoms with Crippen LogP contribution in [-0.4, -0.2) is 32.1 Å². The Labute approximate surface area is 141 Å². The van der Waals surface area contributed by atoms with Crippen molar-refractivity contribution in [3.63, 3.8) is 0 Å². The number of halogens is 1. The second-order valence-corrected chi connectivity index (χ2v) is 7.01. The standard InChI is InChI=1S/C18H24FNO4/c1-18(2,3)17(22)20(12-7-6-8-12)15-13(19)9-11(16(21)24-5)10-14(15)23-4/h9-10,12H,6-8H2,1-5H3. The van der Waals surface area contributed by atoms with Gasteiger partial charge < -0.3 is 14.4 Å². The third-order valence-corrected chi connectivity index (χ3v) is 4.21. The fraction of sp³-hybridized carbons (Fsp3) is 0.556. The lowest BCUT2D eigenvalue weighted by atomic mass is 9.86. The van der Waals surface area contributed by atoms with Crippen molar-refractivity contribution in [2.75, 3.05) is 19.1 Å². The number of carbonyl (C=O) groups is 2.